The van der Waals surface area contributed by atoms with E-state index in [2.05, 4.69) is 53.7 Å². The maximum Gasteiger partial charge on any atom is -0.00698 e. The summed E-state index contributed by atoms with van der Waals surface area (Å²) in [5.41, 5.74) is 0.778. The van der Waals surface area contributed by atoms with Crippen LogP contribution in [0, 0.1) is 10.8 Å². The first kappa shape index (κ1) is 19.7. The molecule has 0 heterocycles. The van der Waals surface area contributed by atoms with Crippen LogP contribution in [0.2, 0.25) is 0 Å². The van der Waals surface area contributed by atoms with Gasteiger partial charge in [-0.3, -0.25) is 0 Å². The fourth-order valence-corrected chi connectivity index (χ4v) is 3.30. The van der Waals surface area contributed by atoms with Crippen LogP contribution < -0.4 is 0 Å². The Kier molecular flexibility index (Phi) is 10.3. The van der Waals surface area contributed by atoms with Crippen LogP contribution in [0.5, 0.6) is 0 Å². The summed E-state index contributed by atoms with van der Waals surface area (Å²) >= 11 is 0. The zero-order valence-electron chi connectivity index (χ0n) is 15.2. The zero-order chi connectivity index (χ0) is 15.5. The highest BCUT2D eigenvalue weighted by atomic mass is 14.4. The summed E-state index contributed by atoms with van der Waals surface area (Å²) in [6.07, 6.45) is 18.6. The summed E-state index contributed by atoms with van der Waals surface area (Å²) < 4.78 is 0. The van der Waals surface area contributed by atoms with Crippen molar-refractivity contribution in [1.82, 2.24) is 0 Å². The molecule has 20 heavy (non-hydrogen) atoms. The standard InChI is InChI=1S/C20H40/c1-7-10-12-13-14-15-18-20(16-9-3,17-11-8-2)19(4,5)6/h11,17H,7-10,12-16,18H2,1-6H3. The Balaban J connectivity index is 4.55. The quantitative estimate of drug-likeness (QED) is 0.271. The van der Waals surface area contributed by atoms with E-state index in [0.717, 1.165) is 6.42 Å². The first-order valence-corrected chi connectivity index (χ1v) is 9.11. The molecule has 120 valence electrons. The predicted octanol–water partition coefficient (Wildman–Crippen LogP) is 7.54. The fourth-order valence-electron chi connectivity index (χ4n) is 3.30. The fraction of sp³-hybridized carbons (Fsp3) is 0.900. The highest BCUT2D eigenvalue weighted by molar-refractivity contribution is 5.05. The van der Waals surface area contributed by atoms with Gasteiger partial charge in [-0.25, -0.2) is 0 Å². The van der Waals surface area contributed by atoms with E-state index in [9.17, 15) is 0 Å². The number of hydrogen-bond donors (Lipinski definition) is 0. The molecular weight excluding hydrogens is 240 g/mol. The molecule has 0 nitrogen and oxygen atoms in total. The summed E-state index contributed by atoms with van der Waals surface area (Å²) in [5, 5.41) is 0. The molecule has 0 aromatic heterocycles. The first-order chi connectivity index (χ1) is 9.43. The van der Waals surface area contributed by atoms with E-state index in [1.165, 1.54) is 57.8 Å². The van der Waals surface area contributed by atoms with Crippen molar-refractivity contribution in [3.63, 3.8) is 0 Å². The molecule has 0 fully saturated rings. The molecule has 0 aromatic rings. The van der Waals surface area contributed by atoms with Crippen molar-refractivity contribution in [2.45, 2.75) is 106 Å². The number of rotatable bonds is 11. The SMILES string of the molecule is CCC=CC(CCC)(CCCCCCCC)C(C)(C)C. The van der Waals surface area contributed by atoms with Gasteiger partial charge in [-0.1, -0.05) is 98.6 Å². The molecule has 0 rings (SSSR count). The number of unbranched alkanes of at least 4 members (excludes halogenated alkanes) is 5. The Morgan fingerprint density at radius 1 is 0.700 bits per heavy atom. The summed E-state index contributed by atoms with van der Waals surface area (Å²) in [6, 6.07) is 0. The largest absolute Gasteiger partial charge is 0.0882 e. The molecule has 0 amide bonds. The second kappa shape index (κ2) is 10.5. The summed E-state index contributed by atoms with van der Waals surface area (Å²) in [5.74, 6) is 0. The van der Waals surface area contributed by atoms with Crippen molar-refractivity contribution >= 4 is 0 Å². The van der Waals surface area contributed by atoms with Crippen molar-refractivity contribution in [3.05, 3.63) is 12.2 Å². The molecule has 0 saturated carbocycles. The Labute approximate surface area is 129 Å². The van der Waals surface area contributed by atoms with E-state index in [0.29, 0.717) is 10.8 Å². The van der Waals surface area contributed by atoms with Crippen LogP contribution in [0.4, 0.5) is 0 Å². The van der Waals surface area contributed by atoms with Gasteiger partial charge in [0.05, 0.1) is 0 Å². The third-order valence-corrected chi connectivity index (χ3v) is 4.84. The normalized spacial score (nSPS) is 15.7. The summed E-state index contributed by atoms with van der Waals surface area (Å²) in [7, 11) is 0. The van der Waals surface area contributed by atoms with Gasteiger partial charge >= 0.3 is 0 Å². The summed E-state index contributed by atoms with van der Waals surface area (Å²) in [6.45, 7) is 14.2. The van der Waals surface area contributed by atoms with E-state index >= 15 is 0 Å². The lowest BCUT2D eigenvalue weighted by molar-refractivity contribution is 0.114. The second-order valence-corrected chi connectivity index (χ2v) is 7.48. The molecule has 1 unspecified atom stereocenters. The van der Waals surface area contributed by atoms with Crippen LogP contribution in [0.15, 0.2) is 12.2 Å². The van der Waals surface area contributed by atoms with Gasteiger partial charge in [0, 0.05) is 0 Å². The smallest absolute Gasteiger partial charge is 0.00698 e. The van der Waals surface area contributed by atoms with Crippen molar-refractivity contribution in [2.24, 2.45) is 10.8 Å². The molecule has 0 aliphatic heterocycles. The zero-order valence-corrected chi connectivity index (χ0v) is 15.2. The molecule has 0 aliphatic carbocycles. The van der Waals surface area contributed by atoms with E-state index in [-0.39, 0.29) is 0 Å². The monoisotopic (exact) mass is 280 g/mol. The average Bonchev–Trinajstić information content (AvgIpc) is 2.38. The maximum atomic E-state index is 2.56. The molecule has 0 N–H and O–H groups in total. The van der Waals surface area contributed by atoms with Crippen molar-refractivity contribution in [2.75, 3.05) is 0 Å². The molecule has 0 heteroatoms. The molecule has 0 aromatic carbocycles. The highest BCUT2D eigenvalue weighted by Gasteiger charge is 2.37. The Bertz CT molecular complexity index is 243. The van der Waals surface area contributed by atoms with Crippen LogP contribution in [0.3, 0.4) is 0 Å². The molecule has 0 aliphatic rings. The van der Waals surface area contributed by atoms with Gasteiger partial charge in [-0.2, -0.15) is 0 Å². The predicted molar refractivity (Wildman–Crippen MR) is 94.2 cm³/mol. The molecule has 0 spiro atoms. The minimum atomic E-state index is 0.373. The Hall–Kier alpha value is -0.260. The van der Waals surface area contributed by atoms with Gasteiger partial charge in [0.1, 0.15) is 0 Å². The minimum Gasteiger partial charge on any atom is -0.0882 e. The number of hydrogen-bond acceptors (Lipinski definition) is 0. The van der Waals surface area contributed by atoms with Crippen molar-refractivity contribution < 1.29 is 0 Å². The van der Waals surface area contributed by atoms with Gasteiger partial charge in [0.25, 0.3) is 0 Å². The third kappa shape index (κ3) is 6.95. The summed E-state index contributed by atoms with van der Waals surface area (Å²) in [4.78, 5) is 0. The lowest BCUT2D eigenvalue weighted by atomic mass is 9.61. The Morgan fingerprint density at radius 3 is 1.80 bits per heavy atom. The molecule has 0 radical (unpaired) electrons. The van der Waals surface area contributed by atoms with Crippen LogP contribution in [0.1, 0.15) is 106 Å². The van der Waals surface area contributed by atoms with Crippen molar-refractivity contribution in [3.8, 4) is 0 Å². The van der Waals surface area contributed by atoms with E-state index in [1.807, 2.05) is 0 Å². The van der Waals surface area contributed by atoms with Gasteiger partial charge in [0.2, 0.25) is 0 Å². The Morgan fingerprint density at radius 2 is 1.30 bits per heavy atom. The third-order valence-electron chi connectivity index (χ3n) is 4.84. The highest BCUT2D eigenvalue weighted by Crippen LogP contribution is 2.48. The molecule has 0 saturated heterocycles. The van der Waals surface area contributed by atoms with E-state index in [4.69, 9.17) is 0 Å². The maximum absolute atomic E-state index is 2.56. The van der Waals surface area contributed by atoms with Crippen LogP contribution in [-0.4, -0.2) is 0 Å². The van der Waals surface area contributed by atoms with E-state index < -0.39 is 0 Å². The van der Waals surface area contributed by atoms with Gasteiger partial charge in [0.15, 0.2) is 0 Å². The van der Waals surface area contributed by atoms with Crippen LogP contribution >= 0.6 is 0 Å². The number of allylic oxidation sites excluding steroid dienone is 2. The van der Waals surface area contributed by atoms with Gasteiger partial charge < -0.3 is 0 Å². The lowest BCUT2D eigenvalue weighted by Gasteiger charge is -2.43. The molecule has 1 atom stereocenters. The van der Waals surface area contributed by atoms with Crippen LogP contribution in [0.25, 0.3) is 0 Å². The van der Waals surface area contributed by atoms with Crippen molar-refractivity contribution in [1.29, 1.82) is 0 Å². The lowest BCUT2D eigenvalue weighted by Crippen LogP contribution is -2.34. The van der Waals surface area contributed by atoms with Gasteiger partial charge in [-0.05, 0) is 30.1 Å². The van der Waals surface area contributed by atoms with Crippen LogP contribution in [-0.2, 0) is 0 Å². The molecule has 0 bridgehead atoms. The first-order valence-electron chi connectivity index (χ1n) is 9.11. The van der Waals surface area contributed by atoms with E-state index in [1.54, 1.807) is 0 Å². The molecular formula is C20H40. The van der Waals surface area contributed by atoms with Gasteiger partial charge in [-0.15, -0.1) is 0 Å². The second-order valence-electron chi connectivity index (χ2n) is 7.48. The average molecular weight is 281 g/mol. The minimum absolute atomic E-state index is 0.373. The topological polar surface area (TPSA) is 0 Å².